The predicted octanol–water partition coefficient (Wildman–Crippen LogP) is 13.0. The number of nitrogens with one attached hydrogen (secondary N) is 4. The Morgan fingerprint density at radius 1 is 0.524 bits per heavy atom. The van der Waals surface area contributed by atoms with Crippen molar-refractivity contribution in [3.63, 3.8) is 0 Å². The second kappa shape index (κ2) is 31.4. The summed E-state index contributed by atoms with van der Waals surface area (Å²) in [5, 5.41) is 24.2. The van der Waals surface area contributed by atoms with Crippen LogP contribution in [-0.2, 0) is 22.6 Å². The molecule has 4 N–H and O–H groups in total. The largest absolute Gasteiger partial charge is 0.497 e. The van der Waals surface area contributed by atoms with Gasteiger partial charge in [-0.1, -0.05) is 30.3 Å². The van der Waals surface area contributed by atoms with Crippen molar-refractivity contribution in [3.05, 3.63) is 193 Å². The highest BCUT2D eigenvalue weighted by molar-refractivity contribution is 6.05. The van der Waals surface area contributed by atoms with Gasteiger partial charge in [-0.05, 0) is 175 Å². The van der Waals surface area contributed by atoms with Crippen molar-refractivity contribution < 1.29 is 52.3 Å². The number of benzene rings is 4. The van der Waals surface area contributed by atoms with E-state index in [0.29, 0.717) is 131 Å². The van der Waals surface area contributed by atoms with Gasteiger partial charge in [0.25, 0.3) is 11.8 Å². The summed E-state index contributed by atoms with van der Waals surface area (Å²) >= 11 is 0. The quantitative estimate of drug-likeness (QED) is 0.0367. The Morgan fingerprint density at radius 3 is 1.40 bits per heavy atom. The highest BCUT2D eigenvalue weighted by atomic mass is 16.6. The maximum atomic E-state index is 13.1. The summed E-state index contributed by atoms with van der Waals surface area (Å²) in [6, 6.07) is 40.7. The number of nitrogens with zero attached hydrogens (tertiary/aromatic N) is 11. The number of amides is 4. The lowest BCUT2D eigenvalue weighted by Crippen LogP contribution is -2.36. The van der Waals surface area contributed by atoms with Gasteiger partial charge in [-0.3, -0.25) is 19.3 Å². The van der Waals surface area contributed by atoms with Crippen molar-refractivity contribution in [2.45, 2.75) is 121 Å². The molecule has 0 radical (unpaired) electrons. The number of pyridine rings is 4. The normalized spacial score (nSPS) is 16.4. The Balaban J connectivity index is 0.000000177. The van der Waals surface area contributed by atoms with Crippen molar-refractivity contribution in [1.82, 2.24) is 54.2 Å². The zero-order valence-corrected chi connectivity index (χ0v) is 59.6. The molecule has 0 bridgehead atoms. The number of anilines is 4. The number of rotatable bonds is 26. The number of hydrogen-bond donors (Lipinski definition) is 4. The summed E-state index contributed by atoms with van der Waals surface area (Å²) in [7, 11) is 5.39. The van der Waals surface area contributed by atoms with E-state index >= 15 is 0 Å². The molecule has 8 heterocycles. The van der Waals surface area contributed by atoms with Crippen LogP contribution in [-0.4, -0.2) is 168 Å². The van der Waals surface area contributed by atoms with Crippen LogP contribution < -0.4 is 49.7 Å². The first-order valence-corrected chi connectivity index (χ1v) is 35.6. The van der Waals surface area contributed by atoms with Gasteiger partial charge < -0.3 is 64.2 Å². The molecule has 2 saturated heterocycles. The number of methoxy groups -OCH3 is 2. The van der Waals surface area contributed by atoms with Crippen molar-refractivity contribution in [3.8, 4) is 46.0 Å². The summed E-state index contributed by atoms with van der Waals surface area (Å²) in [6.45, 7) is 9.53. The lowest BCUT2D eigenvalue weighted by Gasteiger charge is -2.24. The second-order valence-electron chi connectivity index (χ2n) is 27.8. The topological polar surface area (TPSA) is 278 Å². The molecule has 0 spiro atoms. The van der Waals surface area contributed by atoms with Gasteiger partial charge in [0.1, 0.15) is 74.0 Å². The molecule has 26 heteroatoms. The third kappa shape index (κ3) is 18.3. The van der Waals surface area contributed by atoms with Crippen LogP contribution in [0.2, 0.25) is 0 Å². The van der Waals surface area contributed by atoms with Gasteiger partial charge in [0, 0.05) is 117 Å². The molecule has 2 atom stereocenters. The Bertz CT molecular complexity index is 4760. The summed E-state index contributed by atoms with van der Waals surface area (Å²) in [4.78, 5) is 75.8. The number of hydrogen-bond acceptors (Lipinski definition) is 20. The van der Waals surface area contributed by atoms with E-state index in [0.717, 1.165) is 73.1 Å². The number of carbonyl (C=O) groups is 4. The number of likely N-dealkylation sites (N-methyl/N-ethyl adjacent to an activating group) is 1. The minimum absolute atomic E-state index is 0.00895. The molecule has 10 aromatic rings. The molecule has 3 saturated carbocycles. The van der Waals surface area contributed by atoms with E-state index in [9.17, 15) is 19.2 Å². The Kier molecular flexibility index (Phi) is 21.0. The van der Waals surface area contributed by atoms with E-state index in [1.54, 1.807) is 129 Å². The Morgan fingerprint density at radius 2 is 0.962 bits per heavy atom. The van der Waals surface area contributed by atoms with Crippen molar-refractivity contribution in [2.24, 2.45) is 0 Å². The molecule has 4 amide bonds. The van der Waals surface area contributed by atoms with Gasteiger partial charge in [-0.2, -0.15) is 10.2 Å². The number of ether oxygens (including phenoxy) is 7. The molecule has 105 heavy (non-hydrogen) atoms. The standard InChI is InChI=1S/C41H44N8O5.C38H41N7O6/c1-47(30-9-10-30)22-3-4-37(50)48-23-19-29(26-48)44-39-38-35(18-21-43-40(38)49(46-39)25-27-5-11-31(52-2)12-6-27)54-33-13-7-28(8-14-33)41(51)45-36-24-34(17-20-42-36)53-32-15-16-32;1-38(2,3)51-37(47)44-20-17-26(23-44)41-34-33-31(16-19-40-35(33)45(43-34)22-24-5-9-27(48-4)10-6-24)50-29-11-7-25(8-12-29)36(46)42-32-21-30(15-18-39-32)49-28-13-14-28/h3-8,11-14,17-18,20-21,24,29-30,32H,9-10,15-16,19,22-23,25-26H2,1-2H3,(H,44,46)(H,42,45,51);5-12,15-16,18-19,21,26,28H,13-14,17,20,22-23H2,1-4H3,(H,41,43)(H,39,42,46)/b4-3+;/t29-;26-/m11/s1. The van der Waals surface area contributed by atoms with Crippen LogP contribution in [0.25, 0.3) is 22.1 Å². The predicted molar refractivity (Wildman–Crippen MR) is 397 cm³/mol. The Hall–Kier alpha value is -11.8. The van der Waals surface area contributed by atoms with Crippen LogP contribution in [0.15, 0.2) is 170 Å². The average Bonchev–Trinajstić information content (AvgIpc) is 1.63. The maximum absolute atomic E-state index is 13.1. The van der Waals surface area contributed by atoms with Crippen molar-refractivity contribution in [1.29, 1.82) is 0 Å². The van der Waals surface area contributed by atoms with Gasteiger partial charge in [0.15, 0.2) is 22.9 Å². The fourth-order valence-electron chi connectivity index (χ4n) is 12.3. The lowest BCUT2D eigenvalue weighted by molar-refractivity contribution is -0.125. The van der Waals surface area contributed by atoms with Crippen molar-refractivity contribution in [2.75, 3.05) is 75.3 Å². The van der Waals surface area contributed by atoms with Crippen LogP contribution in [0.1, 0.15) is 104 Å². The highest BCUT2D eigenvalue weighted by Gasteiger charge is 2.33. The van der Waals surface area contributed by atoms with E-state index in [1.807, 2.05) is 95.7 Å². The molecule has 26 nitrogen and oxygen atoms in total. The number of likely N-dealkylation sites (tertiary alicyclic amines) is 2. The highest BCUT2D eigenvalue weighted by Crippen LogP contribution is 2.39. The fourth-order valence-corrected chi connectivity index (χ4v) is 12.3. The van der Waals surface area contributed by atoms with E-state index in [1.165, 1.54) is 12.8 Å². The summed E-state index contributed by atoms with van der Waals surface area (Å²) in [5.41, 5.74) is 3.65. The van der Waals surface area contributed by atoms with Crippen LogP contribution in [0, 0.1) is 0 Å². The van der Waals surface area contributed by atoms with E-state index < -0.39 is 5.60 Å². The molecular formula is C79H85N15O11. The molecule has 3 aliphatic carbocycles. The minimum Gasteiger partial charge on any atom is -0.497 e. The SMILES string of the molecule is COc1ccc(Cn2nc(N[C@@H]3CCN(C(=O)/C=C/CN(C)C4CC4)C3)c3c(Oc4ccc(C(=O)Nc5cc(OC6CC6)ccn5)cc4)ccnc32)cc1.COc1ccc(Cn2nc(N[C@@H]3CCN(C(=O)OC(C)(C)C)C3)c3c(Oc4ccc(C(=O)Nc5cc(OC6CC6)ccn5)cc4)ccnc32)cc1. The van der Waals surface area contributed by atoms with Crippen molar-refractivity contribution >= 4 is 69.2 Å². The first kappa shape index (κ1) is 70.2. The number of carbonyl (C=O) groups excluding carboxylic acids is 4. The van der Waals surface area contributed by atoms with Crippen LogP contribution in [0.3, 0.4) is 0 Å². The molecule has 2 aliphatic heterocycles. The first-order valence-electron chi connectivity index (χ1n) is 35.6. The van der Waals surface area contributed by atoms with Gasteiger partial charge in [-0.25, -0.2) is 34.1 Å². The lowest BCUT2D eigenvalue weighted by atomic mass is 10.2. The van der Waals surface area contributed by atoms with Crippen LogP contribution >= 0.6 is 0 Å². The van der Waals surface area contributed by atoms with E-state index in [-0.39, 0.29) is 48.1 Å². The van der Waals surface area contributed by atoms with Gasteiger partial charge in [0.2, 0.25) is 5.91 Å². The summed E-state index contributed by atoms with van der Waals surface area (Å²) in [6.07, 6.45) is 18.6. The molecule has 15 rings (SSSR count). The molecule has 6 aromatic heterocycles. The third-order valence-corrected chi connectivity index (χ3v) is 18.3. The van der Waals surface area contributed by atoms with Crippen LogP contribution in [0.4, 0.5) is 28.1 Å². The van der Waals surface area contributed by atoms with Crippen LogP contribution in [0.5, 0.6) is 46.0 Å². The zero-order valence-electron chi connectivity index (χ0n) is 59.6. The van der Waals surface area contributed by atoms with Gasteiger partial charge in [-0.15, -0.1) is 0 Å². The molecule has 0 unspecified atom stereocenters. The zero-order chi connectivity index (χ0) is 72.6. The molecule has 5 aliphatic rings. The van der Waals surface area contributed by atoms with E-state index in [4.69, 9.17) is 53.3 Å². The van der Waals surface area contributed by atoms with E-state index in [2.05, 4.69) is 43.2 Å². The maximum Gasteiger partial charge on any atom is 0.410 e. The van der Waals surface area contributed by atoms with Gasteiger partial charge in [0.05, 0.1) is 39.5 Å². The first-order chi connectivity index (χ1) is 51.0. The molecule has 542 valence electrons. The molecule has 5 fully saturated rings. The minimum atomic E-state index is -0.577. The summed E-state index contributed by atoms with van der Waals surface area (Å²) in [5.74, 6) is 6.58. The molecule has 4 aromatic carbocycles. The summed E-state index contributed by atoms with van der Waals surface area (Å²) < 4.78 is 44.5. The number of fused-ring (bicyclic) bond motifs is 2. The smallest absolute Gasteiger partial charge is 0.410 e. The average molecular weight is 1420 g/mol. The Labute approximate surface area is 608 Å². The second-order valence-corrected chi connectivity index (χ2v) is 27.8. The molecular weight excluding hydrogens is 1330 g/mol. The third-order valence-electron chi connectivity index (χ3n) is 18.3. The number of aromatic nitrogens is 8. The fraction of sp³-hybridized carbons (Fsp3) is 0.342. The monoisotopic (exact) mass is 1420 g/mol. The van der Waals surface area contributed by atoms with Gasteiger partial charge >= 0.3 is 6.09 Å².